The van der Waals surface area contributed by atoms with Crippen molar-refractivity contribution in [2.24, 2.45) is 4.99 Å². The molecule has 3 heterocycles. The summed E-state index contributed by atoms with van der Waals surface area (Å²) in [6.45, 7) is 10.5. The Morgan fingerprint density at radius 3 is 2.87 bits per heavy atom. The number of likely N-dealkylation sites (tertiary alicyclic amines) is 1. The maximum absolute atomic E-state index is 6.14. The third-order valence-electron chi connectivity index (χ3n) is 6.08. The number of aromatic amines is 1. The summed E-state index contributed by atoms with van der Waals surface area (Å²) in [6.07, 6.45) is 4.20. The molecule has 170 valence electrons. The molecular weight excluding hydrogens is 503 g/mol. The number of halogens is 1. The number of rotatable bonds is 7. The number of hydrogen-bond donors (Lipinski definition) is 2. The second-order valence-corrected chi connectivity index (χ2v) is 8.20. The average molecular weight is 538 g/mol. The van der Waals surface area contributed by atoms with Gasteiger partial charge in [0, 0.05) is 45.0 Å². The van der Waals surface area contributed by atoms with Gasteiger partial charge in [0.15, 0.2) is 5.96 Å². The van der Waals surface area contributed by atoms with Crippen LogP contribution in [0.15, 0.2) is 41.5 Å². The monoisotopic (exact) mass is 538 g/mol. The smallest absolute Gasteiger partial charge is 0.194 e. The zero-order chi connectivity index (χ0) is 20.8. The van der Waals surface area contributed by atoms with Crippen LogP contribution < -0.4 is 5.32 Å². The van der Waals surface area contributed by atoms with E-state index in [1.165, 1.54) is 11.1 Å². The molecule has 2 aromatic rings. The summed E-state index contributed by atoms with van der Waals surface area (Å²) in [4.78, 5) is 9.88. The Bertz CT molecular complexity index is 826. The predicted octanol–water partition coefficient (Wildman–Crippen LogP) is 2.82. The highest BCUT2D eigenvalue weighted by Gasteiger charge is 2.41. The van der Waals surface area contributed by atoms with Crippen LogP contribution >= 0.6 is 24.0 Å². The standard InChI is InChI=1S/C23H34N6O.HI/c1-3-24-23(25-11-7-10-20-14-26-27-18(20)2)29-16-21-22(17-29)30-13-12-28(21)15-19-8-5-4-6-9-19;/h4-6,8-9,14,21-22H,3,7,10-13,15-17H2,1-2H3,(H,24,25)(H,26,27);1H. The zero-order valence-electron chi connectivity index (χ0n) is 18.6. The lowest BCUT2D eigenvalue weighted by Gasteiger charge is -2.36. The van der Waals surface area contributed by atoms with Crippen LogP contribution in [0.25, 0.3) is 0 Å². The Morgan fingerprint density at radius 1 is 1.29 bits per heavy atom. The van der Waals surface area contributed by atoms with E-state index < -0.39 is 0 Å². The summed E-state index contributed by atoms with van der Waals surface area (Å²) in [7, 11) is 0. The van der Waals surface area contributed by atoms with Gasteiger partial charge in [0.1, 0.15) is 0 Å². The Morgan fingerprint density at radius 2 is 2.13 bits per heavy atom. The minimum absolute atomic E-state index is 0. The lowest BCUT2D eigenvalue weighted by molar-refractivity contribution is -0.0502. The first kappa shape index (κ1) is 24.0. The van der Waals surface area contributed by atoms with Gasteiger partial charge in [-0.2, -0.15) is 5.10 Å². The molecule has 0 amide bonds. The highest BCUT2D eigenvalue weighted by molar-refractivity contribution is 14.0. The van der Waals surface area contributed by atoms with Crippen molar-refractivity contribution in [1.29, 1.82) is 0 Å². The Labute approximate surface area is 202 Å². The fraction of sp³-hybridized carbons (Fsp3) is 0.565. The number of hydrogen-bond acceptors (Lipinski definition) is 4. The first-order valence-electron chi connectivity index (χ1n) is 11.2. The van der Waals surface area contributed by atoms with Crippen molar-refractivity contribution in [2.75, 3.05) is 39.3 Å². The van der Waals surface area contributed by atoms with E-state index in [-0.39, 0.29) is 30.1 Å². The molecule has 2 unspecified atom stereocenters. The van der Waals surface area contributed by atoms with Gasteiger partial charge in [-0.15, -0.1) is 24.0 Å². The first-order chi connectivity index (χ1) is 14.7. The fourth-order valence-corrected chi connectivity index (χ4v) is 4.45. The van der Waals surface area contributed by atoms with Crippen LogP contribution in [0.5, 0.6) is 0 Å². The maximum atomic E-state index is 6.14. The molecule has 8 heteroatoms. The second kappa shape index (κ2) is 11.8. The molecule has 2 atom stereocenters. The zero-order valence-corrected chi connectivity index (χ0v) is 20.9. The summed E-state index contributed by atoms with van der Waals surface area (Å²) >= 11 is 0. The van der Waals surface area contributed by atoms with E-state index in [1.807, 2.05) is 6.20 Å². The van der Waals surface area contributed by atoms with Gasteiger partial charge in [0.05, 0.1) is 24.9 Å². The van der Waals surface area contributed by atoms with Crippen molar-refractivity contribution in [2.45, 2.75) is 45.4 Å². The number of aromatic nitrogens is 2. The van der Waals surface area contributed by atoms with Crippen LogP contribution in [0.3, 0.4) is 0 Å². The SMILES string of the molecule is CCNC(=NCCCc1cn[nH]c1C)N1CC2OCCN(Cc3ccccc3)C2C1.I. The van der Waals surface area contributed by atoms with E-state index in [1.54, 1.807) is 0 Å². The molecule has 2 fully saturated rings. The van der Waals surface area contributed by atoms with Crippen molar-refractivity contribution >= 4 is 29.9 Å². The van der Waals surface area contributed by atoms with Gasteiger partial charge < -0.3 is 15.0 Å². The van der Waals surface area contributed by atoms with Crippen LogP contribution in [0.2, 0.25) is 0 Å². The van der Waals surface area contributed by atoms with E-state index >= 15 is 0 Å². The molecule has 2 saturated heterocycles. The van der Waals surface area contributed by atoms with Crippen LogP contribution in [-0.2, 0) is 17.7 Å². The number of aryl methyl sites for hydroxylation is 2. The number of aliphatic imine (C=N–C) groups is 1. The third-order valence-corrected chi connectivity index (χ3v) is 6.08. The van der Waals surface area contributed by atoms with Crippen molar-refractivity contribution in [3.8, 4) is 0 Å². The normalized spacial score (nSPS) is 21.6. The van der Waals surface area contributed by atoms with Crippen LogP contribution in [-0.4, -0.2) is 77.4 Å². The molecule has 1 aromatic heterocycles. The number of morpholine rings is 1. The Balaban J connectivity index is 0.00000272. The molecule has 0 saturated carbocycles. The van der Waals surface area contributed by atoms with Crippen molar-refractivity contribution in [3.63, 3.8) is 0 Å². The summed E-state index contributed by atoms with van der Waals surface area (Å²) in [5, 5.41) is 10.6. The molecule has 2 aliphatic rings. The molecule has 0 radical (unpaired) electrons. The highest BCUT2D eigenvalue weighted by atomic mass is 127. The second-order valence-electron chi connectivity index (χ2n) is 8.20. The van der Waals surface area contributed by atoms with Gasteiger partial charge >= 0.3 is 0 Å². The van der Waals surface area contributed by atoms with Gasteiger partial charge in [-0.05, 0) is 37.8 Å². The number of benzene rings is 1. The van der Waals surface area contributed by atoms with E-state index in [0.717, 1.165) is 70.4 Å². The average Bonchev–Trinajstić information content (AvgIpc) is 3.38. The molecule has 4 rings (SSSR count). The minimum atomic E-state index is 0. The molecule has 2 N–H and O–H groups in total. The summed E-state index contributed by atoms with van der Waals surface area (Å²) < 4.78 is 6.14. The molecular formula is C23H35IN6O. The number of H-pyrrole nitrogens is 1. The molecule has 1 aromatic carbocycles. The summed E-state index contributed by atoms with van der Waals surface area (Å²) in [6, 6.07) is 11.2. The van der Waals surface area contributed by atoms with E-state index in [0.29, 0.717) is 6.04 Å². The topological polar surface area (TPSA) is 68.8 Å². The van der Waals surface area contributed by atoms with Crippen molar-refractivity contribution in [3.05, 3.63) is 53.3 Å². The number of ether oxygens (including phenoxy) is 1. The van der Waals surface area contributed by atoms with E-state index in [9.17, 15) is 0 Å². The summed E-state index contributed by atoms with van der Waals surface area (Å²) in [5.41, 5.74) is 3.81. The quantitative estimate of drug-likeness (QED) is 0.246. The number of nitrogens with zero attached hydrogens (tertiary/aromatic N) is 4. The Hall–Kier alpha value is -1.65. The van der Waals surface area contributed by atoms with Gasteiger partial charge in [-0.25, -0.2) is 0 Å². The largest absolute Gasteiger partial charge is 0.373 e. The maximum Gasteiger partial charge on any atom is 0.194 e. The molecule has 0 bridgehead atoms. The summed E-state index contributed by atoms with van der Waals surface area (Å²) in [5.74, 6) is 1.01. The minimum Gasteiger partial charge on any atom is -0.373 e. The molecule has 2 aliphatic heterocycles. The molecule has 0 spiro atoms. The molecule has 7 nitrogen and oxygen atoms in total. The highest BCUT2D eigenvalue weighted by Crippen LogP contribution is 2.24. The van der Waals surface area contributed by atoms with E-state index in [2.05, 4.69) is 69.5 Å². The fourth-order valence-electron chi connectivity index (χ4n) is 4.45. The van der Waals surface area contributed by atoms with Gasteiger partial charge in [0.25, 0.3) is 0 Å². The predicted molar refractivity (Wildman–Crippen MR) is 135 cm³/mol. The van der Waals surface area contributed by atoms with Crippen LogP contribution in [0, 0.1) is 6.92 Å². The lowest BCUT2D eigenvalue weighted by atomic mass is 10.1. The van der Waals surface area contributed by atoms with Gasteiger partial charge in [-0.1, -0.05) is 30.3 Å². The number of fused-ring (bicyclic) bond motifs is 1. The van der Waals surface area contributed by atoms with E-state index in [4.69, 9.17) is 9.73 Å². The van der Waals surface area contributed by atoms with Crippen LogP contribution in [0.4, 0.5) is 0 Å². The first-order valence-corrected chi connectivity index (χ1v) is 11.2. The molecule has 31 heavy (non-hydrogen) atoms. The lowest BCUT2D eigenvalue weighted by Crippen LogP contribution is -2.50. The van der Waals surface area contributed by atoms with Gasteiger partial charge in [0.2, 0.25) is 0 Å². The van der Waals surface area contributed by atoms with Crippen molar-refractivity contribution < 1.29 is 4.74 Å². The molecule has 0 aliphatic carbocycles. The third kappa shape index (κ3) is 6.20. The van der Waals surface area contributed by atoms with Gasteiger partial charge in [-0.3, -0.25) is 15.0 Å². The van der Waals surface area contributed by atoms with Crippen molar-refractivity contribution in [1.82, 2.24) is 25.3 Å². The van der Waals surface area contributed by atoms with Crippen LogP contribution in [0.1, 0.15) is 30.2 Å². The Kier molecular flexibility index (Phi) is 9.15. The number of nitrogens with one attached hydrogen (secondary N) is 2. The number of guanidine groups is 1.